The SMILES string of the molecule is COc1ccc(C(C)NC(C)CC(O)c2ccccc2)cc1. The van der Waals surface area contributed by atoms with E-state index in [1.165, 1.54) is 5.56 Å². The maximum absolute atomic E-state index is 10.3. The van der Waals surface area contributed by atoms with Crippen molar-refractivity contribution in [3.8, 4) is 5.75 Å². The fourth-order valence-corrected chi connectivity index (χ4v) is 2.63. The van der Waals surface area contributed by atoms with Gasteiger partial charge in [0.25, 0.3) is 0 Å². The summed E-state index contributed by atoms with van der Waals surface area (Å²) < 4.78 is 5.18. The van der Waals surface area contributed by atoms with Gasteiger partial charge in [-0.1, -0.05) is 42.5 Å². The molecule has 22 heavy (non-hydrogen) atoms. The summed E-state index contributed by atoms with van der Waals surface area (Å²) in [5.74, 6) is 0.864. The van der Waals surface area contributed by atoms with E-state index in [9.17, 15) is 5.11 Å². The first-order valence-corrected chi connectivity index (χ1v) is 7.73. The molecule has 0 aromatic heterocycles. The molecule has 0 radical (unpaired) electrons. The van der Waals surface area contributed by atoms with E-state index in [2.05, 4.69) is 31.3 Å². The predicted octanol–water partition coefficient (Wildman–Crippen LogP) is 3.86. The van der Waals surface area contributed by atoms with Crippen molar-refractivity contribution in [2.45, 2.75) is 38.5 Å². The number of rotatable bonds is 7. The second-order valence-corrected chi connectivity index (χ2v) is 5.72. The zero-order chi connectivity index (χ0) is 15.9. The summed E-state index contributed by atoms with van der Waals surface area (Å²) in [4.78, 5) is 0. The largest absolute Gasteiger partial charge is 0.497 e. The molecule has 3 unspecified atom stereocenters. The molecule has 118 valence electrons. The fraction of sp³-hybridized carbons (Fsp3) is 0.368. The predicted molar refractivity (Wildman–Crippen MR) is 90.0 cm³/mol. The Kier molecular flexibility index (Phi) is 5.99. The van der Waals surface area contributed by atoms with Crippen LogP contribution >= 0.6 is 0 Å². The molecule has 3 atom stereocenters. The van der Waals surface area contributed by atoms with Crippen molar-refractivity contribution >= 4 is 0 Å². The molecule has 0 aliphatic heterocycles. The third kappa shape index (κ3) is 4.58. The third-order valence-corrected chi connectivity index (χ3v) is 3.91. The summed E-state index contributed by atoms with van der Waals surface area (Å²) in [6.07, 6.45) is 0.247. The first kappa shape index (κ1) is 16.5. The molecule has 2 N–H and O–H groups in total. The first-order chi connectivity index (χ1) is 10.6. The molecule has 0 heterocycles. The van der Waals surface area contributed by atoms with Crippen molar-refractivity contribution in [1.82, 2.24) is 5.32 Å². The van der Waals surface area contributed by atoms with Crippen LogP contribution in [0.5, 0.6) is 5.75 Å². The number of aliphatic hydroxyl groups is 1. The van der Waals surface area contributed by atoms with Gasteiger partial charge in [-0.15, -0.1) is 0 Å². The molecule has 0 aliphatic rings. The van der Waals surface area contributed by atoms with Gasteiger partial charge in [0.1, 0.15) is 5.75 Å². The van der Waals surface area contributed by atoms with Gasteiger partial charge >= 0.3 is 0 Å². The molecule has 0 amide bonds. The Morgan fingerprint density at radius 2 is 1.59 bits per heavy atom. The van der Waals surface area contributed by atoms with Gasteiger partial charge in [0.2, 0.25) is 0 Å². The van der Waals surface area contributed by atoms with Gasteiger partial charge in [-0.25, -0.2) is 0 Å². The van der Waals surface area contributed by atoms with E-state index in [0.29, 0.717) is 6.42 Å². The monoisotopic (exact) mass is 299 g/mol. The van der Waals surface area contributed by atoms with Gasteiger partial charge in [-0.05, 0) is 43.5 Å². The van der Waals surface area contributed by atoms with Crippen molar-refractivity contribution in [2.75, 3.05) is 7.11 Å². The molecule has 2 aromatic carbocycles. The van der Waals surface area contributed by atoms with Crippen LogP contribution in [0.1, 0.15) is 43.5 Å². The third-order valence-electron chi connectivity index (χ3n) is 3.91. The van der Waals surface area contributed by atoms with Gasteiger partial charge in [-0.3, -0.25) is 0 Å². The average molecular weight is 299 g/mol. The first-order valence-electron chi connectivity index (χ1n) is 7.73. The molecule has 2 aromatic rings. The topological polar surface area (TPSA) is 41.5 Å². The fourth-order valence-electron chi connectivity index (χ4n) is 2.63. The molecule has 0 saturated carbocycles. The van der Waals surface area contributed by atoms with E-state index in [1.54, 1.807) is 7.11 Å². The quantitative estimate of drug-likeness (QED) is 0.816. The van der Waals surface area contributed by atoms with E-state index in [1.807, 2.05) is 42.5 Å². The van der Waals surface area contributed by atoms with E-state index >= 15 is 0 Å². The number of benzene rings is 2. The smallest absolute Gasteiger partial charge is 0.118 e. The highest BCUT2D eigenvalue weighted by Crippen LogP contribution is 2.21. The van der Waals surface area contributed by atoms with Gasteiger partial charge in [0, 0.05) is 12.1 Å². The molecular weight excluding hydrogens is 274 g/mol. The van der Waals surface area contributed by atoms with Crippen LogP contribution < -0.4 is 10.1 Å². The van der Waals surface area contributed by atoms with Gasteiger partial charge < -0.3 is 15.2 Å². The summed E-state index contributed by atoms with van der Waals surface area (Å²) in [5.41, 5.74) is 2.18. The Hall–Kier alpha value is -1.84. The molecule has 0 spiro atoms. The molecule has 3 nitrogen and oxygen atoms in total. The van der Waals surface area contributed by atoms with Crippen LogP contribution in [0, 0.1) is 0 Å². The summed E-state index contributed by atoms with van der Waals surface area (Å²) in [6.45, 7) is 4.24. The minimum absolute atomic E-state index is 0.215. The standard InChI is InChI=1S/C19H25NO2/c1-14(13-19(21)17-7-5-4-6-8-17)20-15(2)16-9-11-18(22-3)12-10-16/h4-12,14-15,19-21H,13H2,1-3H3. The molecule has 0 fully saturated rings. The summed E-state index contributed by atoms with van der Waals surface area (Å²) in [5, 5.41) is 13.8. The van der Waals surface area contributed by atoms with Crippen molar-refractivity contribution < 1.29 is 9.84 Å². The molecule has 3 heteroatoms. The highest BCUT2D eigenvalue weighted by atomic mass is 16.5. The lowest BCUT2D eigenvalue weighted by Gasteiger charge is -2.23. The minimum atomic E-state index is -0.438. The van der Waals surface area contributed by atoms with E-state index < -0.39 is 6.10 Å². The summed E-state index contributed by atoms with van der Waals surface area (Å²) in [6, 6.07) is 18.3. The summed E-state index contributed by atoms with van der Waals surface area (Å²) >= 11 is 0. The molecule has 0 aliphatic carbocycles. The molecular formula is C19H25NO2. The number of hydrogen-bond acceptors (Lipinski definition) is 3. The molecule has 0 bridgehead atoms. The molecule has 2 rings (SSSR count). The maximum Gasteiger partial charge on any atom is 0.118 e. The Balaban J connectivity index is 1.89. The average Bonchev–Trinajstić information content (AvgIpc) is 2.55. The van der Waals surface area contributed by atoms with E-state index in [0.717, 1.165) is 11.3 Å². The van der Waals surface area contributed by atoms with Crippen molar-refractivity contribution in [1.29, 1.82) is 0 Å². The van der Waals surface area contributed by atoms with Gasteiger partial charge in [-0.2, -0.15) is 0 Å². The lowest BCUT2D eigenvalue weighted by molar-refractivity contribution is 0.152. The van der Waals surface area contributed by atoms with Crippen molar-refractivity contribution in [3.63, 3.8) is 0 Å². The minimum Gasteiger partial charge on any atom is -0.497 e. The van der Waals surface area contributed by atoms with Crippen LogP contribution in [0.2, 0.25) is 0 Å². The number of hydrogen-bond donors (Lipinski definition) is 2. The van der Waals surface area contributed by atoms with Crippen LogP contribution in [0.25, 0.3) is 0 Å². The normalized spacial score (nSPS) is 15.1. The van der Waals surface area contributed by atoms with Crippen LogP contribution in [-0.2, 0) is 0 Å². The second kappa shape index (κ2) is 7.97. The van der Waals surface area contributed by atoms with Crippen LogP contribution in [0.4, 0.5) is 0 Å². The lowest BCUT2D eigenvalue weighted by atomic mass is 10.0. The highest BCUT2D eigenvalue weighted by molar-refractivity contribution is 5.28. The second-order valence-electron chi connectivity index (χ2n) is 5.72. The number of methoxy groups -OCH3 is 1. The van der Waals surface area contributed by atoms with Crippen LogP contribution in [0.3, 0.4) is 0 Å². The van der Waals surface area contributed by atoms with Gasteiger partial charge in [0.15, 0.2) is 0 Å². The maximum atomic E-state index is 10.3. The van der Waals surface area contributed by atoms with Crippen molar-refractivity contribution in [3.05, 3.63) is 65.7 Å². The Morgan fingerprint density at radius 1 is 0.955 bits per heavy atom. The van der Waals surface area contributed by atoms with Crippen molar-refractivity contribution in [2.24, 2.45) is 0 Å². The Morgan fingerprint density at radius 3 is 2.18 bits per heavy atom. The number of ether oxygens (including phenoxy) is 1. The zero-order valence-corrected chi connectivity index (χ0v) is 13.5. The molecule has 0 saturated heterocycles. The Bertz CT molecular complexity index is 553. The summed E-state index contributed by atoms with van der Waals surface area (Å²) in [7, 11) is 1.67. The van der Waals surface area contributed by atoms with E-state index in [-0.39, 0.29) is 12.1 Å². The zero-order valence-electron chi connectivity index (χ0n) is 13.5. The van der Waals surface area contributed by atoms with Crippen LogP contribution in [0.15, 0.2) is 54.6 Å². The number of nitrogens with one attached hydrogen (secondary N) is 1. The van der Waals surface area contributed by atoms with E-state index in [4.69, 9.17) is 4.74 Å². The lowest BCUT2D eigenvalue weighted by Crippen LogP contribution is -2.30. The van der Waals surface area contributed by atoms with Crippen LogP contribution in [-0.4, -0.2) is 18.3 Å². The number of aliphatic hydroxyl groups excluding tert-OH is 1. The highest BCUT2D eigenvalue weighted by Gasteiger charge is 2.15. The Labute approximate surface area is 133 Å². The van der Waals surface area contributed by atoms with Gasteiger partial charge in [0.05, 0.1) is 13.2 Å².